The number of carboxylic acid groups (broad SMARTS) is 1. The molecule has 1 saturated carbocycles. The van der Waals surface area contributed by atoms with E-state index in [1.165, 1.54) is 12.1 Å². The average molecular weight is 375 g/mol. The molecule has 8 heteroatoms. The van der Waals surface area contributed by atoms with Crippen LogP contribution in [0.1, 0.15) is 11.5 Å². The Hall–Kier alpha value is -2.58. The van der Waals surface area contributed by atoms with Crippen molar-refractivity contribution < 1.29 is 27.8 Å². The van der Waals surface area contributed by atoms with Crippen LogP contribution in [0.25, 0.3) is 0 Å². The molecule has 2 aliphatic rings. The predicted molar refractivity (Wildman–Crippen MR) is 91.8 cm³/mol. The van der Waals surface area contributed by atoms with Gasteiger partial charge in [0.25, 0.3) is 0 Å². The summed E-state index contributed by atoms with van der Waals surface area (Å²) in [7, 11) is -3.87. The summed E-state index contributed by atoms with van der Waals surface area (Å²) in [6, 6.07) is 12.8. The quantitative estimate of drug-likeness (QED) is 0.811. The molecule has 0 saturated heterocycles. The number of hydrogen-bond acceptors (Lipinski definition) is 6. The first kappa shape index (κ1) is 16.9. The predicted octanol–water partition coefficient (Wildman–Crippen LogP) is 1.38. The van der Waals surface area contributed by atoms with Crippen molar-refractivity contribution in [2.45, 2.75) is 16.1 Å². The highest BCUT2D eigenvalue weighted by molar-refractivity contribution is 7.92. The molecule has 0 unspecified atom stereocenters. The Balaban J connectivity index is 1.81. The van der Waals surface area contributed by atoms with Crippen molar-refractivity contribution in [3.8, 4) is 11.5 Å². The van der Waals surface area contributed by atoms with Crippen LogP contribution < -0.4 is 15.2 Å². The van der Waals surface area contributed by atoms with E-state index in [9.17, 15) is 18.3 Å². The fourth-order valence-corrected chi connectivity index (χ4v) is 6.19. The summed E-state index contributed by atoms with van der Waals surface area (Å²) >= 11 is 0. The highest BCUT2D eigenvalue weighted by Gasteiger charge is 2.75. The molecule has 3 atom stereocenters. The number of carbonyl (C=O) groups is 1. The molecule has 0 amide bonds. The molecule has 1 heterocycles. The lowest BCUT2D eigenvalue weighted by Gasteiger charge is -2.10. The van der Waals surface area contributed by atoms with Gasteiger partial charge < -0.3 is 20.3 Å². The number of benzene rings is 2. The van der Waals surface area contributed by atoms with E-state index in [1.807, 2.05) is 0 Å². The second-order valence-corrected chi connectivity index (χ2v) is 8.49. The Labute approximate surface area is 150 Å². The Bertz CT molecular complexity index is 974. The van der Waals surface area contributed by atoms with E-state index >= 15 is 0 Å². The van der Waals surface area contributed by atoms with Crippen LogP contribution in [0.3, 0.4) is 0 Å². The maximum Gasteiger partial charge on any atom is 0.312 e. The maximum absolute atomic E-state index is 13.1. The summed E-state index contributed by atoms with van der Waals surface area (Å²) in [4.78, 5) is 12.1. The molecule has 26 heavy (non-hydrogen) atoms. The van der Waals surface area contributed by atoms with Crippen LogP contribution in [0.2, 0.25) is 0 Å². The Kier molecular flexibility index (Phi) is 3.71. The van der Waals surface area contributed by atoms with E-state index in [0.717, 1.165) is 0 Å². The molecular formula is C18H17NO6S. The lowest BCUT2D eigenvalue weighted by Crippen LogP contribution is -2.31. The molecule has 7 nitrogen and oxygen atoms in total. The number of hydrogen-bond donors (Lipinski definition) is 2. The van der Waals surface area contributed by atoms with E-state index < -0.39 is 32.4 Å². The van der Waals surface area contributed by atoms with E-state index in [2.05, 4.69) is 0 Å². The smallest absolute Gasteiger partial charge is 0.312 e. The largest absolute Gasteiger partial charge is 0.481 e. The molecule has 0 aromatic heterocycles. The molecule has 1 aliphatic heterocycles. The molecule has 2 aromatic rings. The van der Waals surface area contributed by atoms with Gasteiger partial charge in [-0.3, -0.25) is 4.79 Å². The van der Waals surface area contributed by atoms with E-state index in [4.69, 9.17) is 15.2 Å². The van der Waals surface area contributed by atoms with Gasteiger partial charge in [0.1, 0.15) is 5.41 Å². The second-order valence-electron chi connectivity index (χ2n) is 6.42. The first-order valence-corrected chi connectivity index (χ1v) is 9.59. The number of fused-ring (bicyclic) bond motifs is 1. The molecule has 136 valence electrons. The minimum absolute atomic E-state index is 0.0795. The van der Waals surface area contributed by atoms with Crippen molar-refractivity contribution >= 4 is 15.8 Å². The van der Waals surface area contributed by atoms with E-state index in [-0.39, 0.29) is 18.2 Å². The van der Waals surface area contributed by atoms with Crippen LogP contribution in [0.5, 0.6) is 11.5 Å². The fourth-order valence-electron chi connectivity index (χ4n) is 3.78. The van der Waals surface area contributed by atoms with Crippen molar-refractivity contribution in [2.24, 2.45) is 11.1 Å². The van der Waals surface area contributed by atoms with Crippen LogP contribution in [0.15, 0.2) is 53.4 Å². The molecule has 0 radical (unpaired) electrons. The van der Waals surface area contributed by atoms with Gasteiger partial charge in [-0.2, -0.15) is 0 Å². The number of ether oxygens (including phenoxy) is 2. The number of carboxylic acids is 1. The fraction of sp³-hybridized carbons (Fsp3) is 0.278. The summed E-state index contributed by atoms with van der Waals surface area (Å²) in [5.41, 5.74) is 4.77. The first-order chi connectivity index (χ1) is 12.4. The van der Waals surface area contributed by atoms with Gasteiger partial charge in [0, 0.05) is 12.5 Å². The van der Waals surface area contributed by atoms with Crippen LogP contribution >= 0.6 is 0 Å². The second kappa shape index (κ2) is 5.72. The molecule has 0 bridgehead atoms. The minimum Gasteiger partial charge on any atom is -0.481 e. The monoisotopic (exact) mass is 375 g/mol. The standard InChI is InChI=1S/C18H17NO6S/c19-9-18(17(20)21)15(11-6-7-13-14(8-11)25-10-24-13)16(18)26(22,23)12-4-2-1-3-5-12/h1-8,15-16H,9-10,19H2,(H,20,21)/t15-,16-,18+/m1/s1. The number of rotatable bonds is 5. The third-order valence-corrected chi connectivity index (χ3v) is 7.44. The van der Waals surface area contributed by atoms with Gasteiger partial charge in [0.15, 0.2) is 21.3 Å². The molecule has 2 aromatic carbocycles. The third kappa shape index (κ3) is 2.22. The molecule has 0 spiro atoms. The molecule has 4 rings (SSSR count). The van der Waals surface area contributed by atoms with Crippen LogP contribution in [0.4, 0.5) is 0 Å². The van der Waals surface area contributed by atoms with Gasteiger partial charge in [-0.25, -0.2) is 8.42 Å². The zero-order valence-electron chi connectivity index (χ0n) is 13.7. The molecule has 1 fully saturated rings. The average Bonchev–Trinajstić information content (AvgIpc) is 3.15. The van der Waals surface area contributed by atoms with Gasteiger partial charge in [0.2, 0.25) is 6.79 Å². The summed E-state index contributed by atoms with van der Waals surface area (Å²) in [5.74, 6) is -0.955. The highest BCUT2D eigenvalue weighted by atomic mass is 32.2. The van der Waals surface area contributed by atoms with Crippen molar-refractivity contribution in [3.05, 3.63) is 54.1 Å². The van der Waals surface area contributed by atoms with E-state index in [1.54, 1.807) is 36.4 Å². The minimum atomic E-state index is -3.87. The van der Waals surface area contributed by atoms with Crippen molar-refractivity contribution in [1.82, 2.24) is 0 Å². The summed E-state index contributed by atoms with van der Waals surface area (Å²) in [5, 5.41) is 8.67. The van der Waals surface area contributed by atoms with Gasteiger partial charge >= 0.3 is 5.97 Å². The molecule has 1 aliphatic carbocycles. The number of nitrogens with two attached hydrogens (primary N) is 1. The van der Waals surface area contributed by atoms with Crippen molar-refractivity contribution in [1.29, 1.82) is 0 Å². The van der Waals surface area contributed by atoms with Crippen LogP contribution in [-0.2, 0) is 14.6 Å². The summed E-state index contributed by atoms with van der Waals surface area (Å²) in [6.07, 6.45) is 0. The van der Waals surface area contributed by atoms with Crippen molar-refractivity contribution in [3.63, 3.8) is 0 Å². The van der Waals surface area contributed by atoms with Gasteiger partial charge in [0.05, 0.1) is 10.1 Å². The Morgan fingerprint density at radius 1 is 1.15 bits per heavy atom. The lowest BCUT2D eigenvalue weighted by molar-refractivity contribution is -0.143. The number of aliphatic carboxylic acids is 1. The highest BCUT2D eigenvalue weighted by Crippen LogP contribution is 2.64. The van der Waals surface area contributed by atoms with Crippen LogP contribution in [0, 0.1) is 5.41 Å². The summed E-state index contributed by atoms with van der Waals surface area (Å²) < 4.78 is 36.8. The molecule has 3 N–H and O–H groups in total. The third-order valence-electron chi connectivity index (χ3n) is 5.15. The SMILES string of the molecule is NC[C@]1(C(=O)O)[C@H](c2ccc3c(c2)OCO3)[C@H]1S(=O)(=O)c1ccccc1. The Morgan fingerprint density at radius 3 is 2.50 bits per heavy atom. The van der Waals surface area contributed by atoms with Gasteiger partial charge in [-0.05, 0) is 29.8 Å². The lowest BCUT2D eigenvalue weighted by atomic mass is 9.99. The summed E-state index contributed by atoms with van der Waals surface area (Å²) in [6.45, 7) is -0.200. The first-order valence-electron chi connectivity index (χ1n) is 8.05. The van der Waals surface area contributed by atoms with Crippen LogP contribution in [-0.4, -0.2) is 38.1 Å². The zero-order valence-corrected chi connectivity index (χ0v) is 14.5. The molecular weight excluding hydrogens is 358 g/mol. The van der Waals surface area contributed by atoms with E-state index in [0.29, 0.717) is 17.1 Å². The maximum atomic E-state index is 13.1. The topological polar surface area (TPSA) is 116 Å². The van der Waals surface area contributed by atoms with Gasteiger partial charge in [-0.1, -0.05) is 24.3 Å². The van der Waals surface area contributed by atoms with Crippen molar-refractivity contribution in [2.75, 3.05) is 13.3 Å². The Morgan fingerprint density at radius 2 is 1.85 bits per heavy atom. The van der Waals surface area contributed by atoms with Gasteiger partial charge in [-0.15, -0.1) is 0 Å². The normalized spacial score (nSPS) is 26.5. The zero-order chi connectivity index (χ0) is 18.5. The number of sulfone groups is 1.